The summed E-state index contributed by atoms with van der Waals surface area (Å²) in [4.78, 5) is 0. The average molecular weight is 202 g/mol. The molecular formula is C12H26O2. The average Bonchev–Trinajstić information content (AvgIpc) is 2.17. The summed E-state index contributed by atoms with van der Waals surface area (Å²) in [5.41, 5.74) is 0. The lowest BCUT2D eigenvalue weighted by atomic mass is 9.97. The molecule has 0 aliphatic rings. The van der Waals surface area contributed by atoms with Gasteiger partial charge in [-0.25, -0.2) is 0 Å². The highest BCUT2D eigenvalue weighted by Gasteiger charge is 2.08. The molecule has 2 N–H and O–H groups in total. The SMILES string of the molecule is CCCCCCCC(C)CC(O)CO. The van der Waals surface area contributed by atoms with Crippen molar-refractivity contribution in [3.05, 3.63) is 0 Å². The molecule has 0 radical (unpaired) electrons. The van der Waals surface area contributed by atoms with Crippen molar-refractivity contribution in [1.82, 2.24) is 0 Å². The molecule has 2 heteroatoms. The molecule has 14 heavy (non-hydrogen) atoms. The van der Waals surface area contributed by atoms with E-state index in [-0.39, 0.29) is 6.61 Å². The van der Waals surface area contributed by atoms with Crippen LogP contribution >= 0.6 is 0 Å². The number of rotatable bonds is 9. The lowest BCUT2D eigenvalue weighted by molar-refractivity contribution is 0.0747. The van der Waals surface area contributed by atoms with E-state index in [1.165, 1.54) is 38.5 Å². The van der Waals surface area contributed by atoms with E-state index in [9.17, 15) is 5.11 Å². The molecule has 0 bridgehead atoms. The van der Waals surface area contributed by atoms with Crippen LogP contribution in [0.15, 0.2) is 0 Å². The quantitative estimate of drug-likeness (QED) is 0.564. The maximum atomic E-state index is 9.22. The topological polar surface area (TPSA) is 40.5 Å². The second-order valence-corrected chi connectivity index (χ2v) is 4.38. The third-order valence-corrected chi connectivity index (χ3v) is 2.69. The number of aliphatic hydroxyl groups is 2. The van der Waals surface area contributed by atoms with Crippen molar-refractivity contribution in [3.8, 4) is 0 Å². The molecule has 2 nitrogen and oxygen atoms in total. The van der Waals surface area contributed by atoms with Crippen molar-refractivity contribution in [2.75, 3.05) is 6.61 Å². The third-order valence-electron chi connectivity index (χ3n) is 2.69. The van der Waals surface area contributed by atoms with Gasteiger partial charge in [-0.15, -0.1) is 0 Å². The molecule has 0 amide bonds. The second-order valence-electron chi connectivity index (χ2n) is 4.38. The van der Waals surface area contributed by atoms with Crippen LogP contribution < -0.4 is 0 Å². The van der Waals surface area contributed by atoms with Crippen LogP contribution in [0.4, 0.5) is 0 Å². The van der Waals surface area contributed by atoms with Gasteiger partial charge < -0.3 is 10.2 Å². The summed E-state index contributed by atoms with van der Waals surface area (Å²) in [5.74, 6) is 0.541. The summed E-state index contributed by atoms with van der Waals surface area (Å²) >= 11 is 0. The maximum absolute atomic E-state index is 9.22. The van der Waals surface area contributed by atoms with E-state index in [0.717, 1.165) is 6.42 Å². The van der Waals surface area contributed by atoms with Crippen LogP contribution in [0.3, 0.4) is 0 Å². The monoisotopic (exact) mass is 202 g/mol. The molecule has 86 valence electrons. The van der Waals surface area contributed by atoms with Crippen LogP contribution in [0.1, 0.15) is 58.8 Å². The van der Waals surface area contributed by atoms with Gasteiger partial charge in [0.25, 0.3) is 0 Å². The predicted octanol–water partition coefficient (Wildman–Crippen LogP) is 2.73. The van der Waals surface area contributed by atoms with Crippen molar-refractivity contribution in [3.63, 3.8) is 0 Å². The Bertz CT molecular complexity index is 115. The van der Waals surface area contributed by atoms with Gasteiger partial charge in [0, 0.05) is 0 Å². The zero-order valence-electron chi connectivity index (χ0n) is 9.71. The molecule has 0 aliphatic carbocycles. The Labute approximate surface area is 88.3 Å². The number of unbranched alkanes of at least 4 members (excludes halogenated alkanes) is 4. The van der Waals surface area contributed by atoms with Crippen LogP contribution in [0.25, 0.3) is 0 Å². The molecule has 0 aromatic heterocycles. The molecule has 0 fully saturated rings. The van der Waals surface area contributed by atoms with Gasteiger partial charge in [-0.05, 0) is 12.3 Å². The van der Waals surface area contributed by atoms with Gasteiger partial charge in [0.05, 0.1) is 12.7 Å². The van der Waals surface area contributed by atoms with E-state index < -0.39 is 6.10 Å². The molecule has 0 aliphatic heterocycles. The Morgan fingerprint density at radius 1 is 1.07 bits per heavy atom. The molecule has 0 aromatic rings. The number of aliphatic hydroxyl groups excluding tert-OH is 2. The fourth-order valence-electron chi connectivity index (χ4n) is 1.75. The van der Waals surface area contributed by atoms with Gasteiger partial charge in [-0.3, -0.25) is 0 Å². The highest BCUT2D eigenvalue weighted by Crippen LogP contribution is 2.15. The zero-order chi connectivity index (χ0) is 10.8. The van der Waals surface area contributed by atoms with E-state index in [1.54, 1.807) is 0 Å². The summed E-state index contributed by atoms with van der Waals surface area (Å²) in [6.45, 7) is 4.28. The fourth-order valence-corrected chi connectivity index (χ4v) is 1.75. The number of hydrogen-bond acceptors (Lipinski definition) is 2. The first kappa shape index (κ1) is 13.9. The van der Waals surface area contributed by atoms with Crippen LogP contribution in [0, 0.1) is 5.92 Å². The highest BCUT2D eigenvalue weighted by atomic mass is 16.3. The lowest BCUT2D eigenvalue weighted by Gasteiger charge is -2.14. The molecule has 0 rings (SSSR count). The first-order chi connectivity index (χ1) is 6.70. The molecular weight excluding hydrogens is 176 g/mol. The van der Waals surface area contributed by atoms with Gasteiger partial charge in [0.2, 0.25) is 0 Å². The Hall–Kier alpha value is -0.0800. The highest BCUT2D eigenvalue weighted by molar-refractivity contribution is 4.60. The molecule has 2 atom stereocenters. The molecule has 0 spiro atoms. The van der Waals surface area contributed by atoms with Crippen molar-refractivity contribution < 1.29 is 10.2 Å². The van der Waals surface area contributed by atoms with Crippen LogP contribution in [-0.4, -0.2) is 22.9 Å². The summed E-state index contributed by atoms with van der Waals surface area (Å²) < 4.78 is 0. The summed E-state index contributed by atoms with van der Waals surface area (Å²) in [6.07, 6.45) is 7.95. The first-order valence-corrected chi connectivity index (χ1v) is 5.99. The van der Waals surface area contributed by atoms with Crippen molar-refractivity contribution in [2.45, 2.75) is 64.9 Å². The maximum Gasteiger partial charge on any atom is 0.0773 e. The van der Waals surface area contributed by atoms with Crippen LogP contribution in [0.5, 0.6) is 0 Å². The summed E-state index contributed by atoms with van der Waals surface area (Å²) in [7, 11) is 0. The minimum Gasteiger partial charge on any atom is -0.394 e. The largest absolute Gasteiger partial charge is 0.394 e. The first-order valence-electron chi connectivity index (χ1n) is 5.99. The van der Waals surface area contributed by atoms with Gasteiger partial charge in [0.15, 0.2) is 0 Å². The van der Waals surface area contributed by atoms with Gasteiger partial charge in [0.1, 0.15) is 0 Å². The molecule has 0 aromatic carbocycles. The molecule has 0 saturated heterocycles. The predicted molar refractivity (Wildman–Crippen MR) is 60.2 cm³/mol. The van der Waals surface area contributed by atoms with Crippen molar-refractivity contribution in [2.24, 2.45) is 5.92 Å². The Balaban J connectivity index is 3.22. The molecule has 0 heterocycles. The van der Waals surface area contributed by atoms with Gasteiger partial charge in [-0.2, -0.15) is 0 Å². The van der Waals surface area contributed by atoms with Crippen LogP contribution in [-0.2, 0) is 0 Å². The van der Waals surface area contributed by atoms with Gasteiger partial charge in [-0.1, -0.05) is 52.4 Å². The third kappa shape index (κ3) is 8.52. The van der Waals surface area contributed by atoms with E-state index in [2.05, 4.69) is 13.8 Å². The van der Waals surface area contributed by atoms with Gasteiger partial charge >= 0.3 is 0 Å². The van der Waals surface area contributed by atoms with Crippen molar-refractivity contribution >= 4 is 0 Å². The summed E-state index contributed by atoms with van der Waals surface area (Å²) in [5, 5.41) is 17.9. The Kier molecular flexibility index (Phi) is 9.42. The minimum absolute atomic E-state index is 0.0970. The lowest BCUT2D eigenvalue weighted by Crippen LogP contribution is -2.15. The standard InChI is InChI=1S/C12H26O2/c1-3-4-5-6-7-8-11(2)9-12(14)10-13/h11-14H,3-10H2,1-2H3. The normalized spacial score (nSPS) is 15.4. The van der Waals surface area contributed by atoms with E-state index in [4.69, 9.17) is 5.11 Å². The van der Waals surface area contributed by atoms with E-state index in [1.807, 2.05) is 0 Å². The molecule has 0 saturated carbocycles. The Morgan fingerprint density at radius 3 is 2.29 bits per heavy atom. The van der Waals surface area contributed by atoms with E-state index >= 15 is 0 Å². The van der Waals surface area contributed by atoms with Crippen LogP contribution in [0.2, 0.25) is 0 Å². The zero-order valence-corrected chi connectivity index (χ0v) is 9.71. The van der Waals surface area contributed by atoms with E-state index in [0.29, 0.717) is 5.92 Å². The summed E-state index contributed by atoms with van der Waals surface area (Å²) in [6, 6.07) is 0. The number of hydrogen-bond donors (Lipinski definition) is 2. The molecule has 2 unspecified atom stereocenters. The van der Waals surface area contributed by atoms with Crippen molar-refractivity contribution in [1.29, 1.82) is 0 Å². The fraction of sp³-hybridized carbons (Fsp3) is 1.00. The smallest absolute Gasteiger partial charge is 0.0773 e. The Morgan fingerprint density at radius 2 is 1.71 bits per heavy atom. The minimum atomic E-state index is -0.513. The second kappa shape index (κ2) is 9.47.